The second-order valence-electron chi connectivity index (χ2n) is 6.14. The molecule has 0 N–H and O–H groups in total. The summed E-state index contributed by atoms with van der Waals surface area (Å²) in [6.07, 6.45) is 1.77. The quantitative estimate of drug-likeness (QED) is 0.844. The Kier molecular flexibility index (Phi) is 5.20. The van der Waals surface area contributed by atoms with Crippen LogP contribution in [0.15, 0.2) is 42.6 Å². The molecule has 0 aliphatic carbocycles. The highest BCUT2D eigenvalue weighted by molar-refractivity contribution is 5.49. The molecule has 1 aromatic carbocycles. The second-order valence-corrected chi connectivity index (χ2v) is 6.14. The van der Waals surface area contributed by atoms with Gasteiger partial charge in [-0.05, 0) is 37.3 Å². The van der Waals surface area contributed by atoms with E-state index in [2.05, 4.69) is 39.9 Å². The normalized spacial score (nSPS) is 18.5. The monoisotopic (exact) mass is 327 g/mol. The number of nitrogens with zero attached hydrogens (tertiary/aromatic N) is 3. The summed E-state index contributed by atoms with van der Waals surface area (Å²) in [6, 6.07) is 12.8. The van der Waals surface area contributed by atoms with Gasteiger partial charge in [0.05, 0.1) is 14.2 Å². The number of pyridine rings is 1. The predicted octanol–water partition coefficient (Wildman–Crippen LogP) is 2.81. The minimum atomic E-state index is 0.464. The minimum Gasteiger partial charge on any atom is -0.497 e. The Morgan fingerprint density at radius 3 is 2.54 bits per heavy atom. The van der Waals surface area contributed by atoms with Gasteiger partial charge in [0.15, 0.2) is 0 Å². The lowest BCUT2D eigenvalue weighted by molar-refractivity contribution is 0.178. The van der Waals surface area contributed by atoms with Crippen molar-refractivity contribution in [2.24, 2.45) is 0 Å². The molecule has 1 aromatic heterocycles. The van der Waals surface area contributed by atoms with Gasteiger partial charge in [-0.1, -0.05) is 6.07 Å². The van der Waals surface area contributed by atoms with Crippen LogP contribution >= 0.6 is 0 Å². The molecule has 1 aliphatic heterocycles. The molecule has 0 radical (unpaired) electrons. The van der Waals surface area contributed by atoms with Crippen molar-refractivity contribution in [3.63, 3.8) is 0 Å². The zero-order chi connectivity index (χ0) is 16.9. The van der Waals surface area contributed by atoms with Crippen LogP contribution in [0.2, 0.25) is 0 Å². The van der Waals surface area contributed by atoms with Crippen molar-refractivity contribution >= 4 is 5.69 Å². The molecule has 0 unspecified atom stereocenters. The van der Waals surface area contributed by atoms with Crippen LogP contribution < -0.4 is 14.4 Å². The van der Waals surface area contributed by atoms with Crippen LogP contribution in [0.4, 0.5) is 5.69 Å². The second kappa shape index (κ2) is 7.53. The van der Waals surface area contributed by atoms with E-state index in [1.807, 2.05) is 18.2 Å². The van der Waals surface area contributed by atoms with Crippen LogP contribution in [-0.2, 0) is 6.54 Å². The highest BCUT2D eigenvalue weighted by Gasteiger charge is 2.24. The molecule has 2 heterocycles. The van der Waals surface area contributed by atoms with Crippen molar-refractivity contribution in [2.45, 2.75) is 19.5 Å². The third-order valence-electron chi connectivity index (χ3n) is 4.62. The van der Waals surface area contributed by atoms with Gasteiger partial charge in [-0.25, -0.2) is 4.98 Å². The molecule has 1 aliphatic rings. The van der Waals surface area contributed by atoms with E-state index in [9.17, 15) is 0 Å². The molecular weight excluding hydrogens is 302 g/mol. The summed E-state index contributed by atoms with van der Waals surface area (Å²) in [4.78, 5) is 9.21. The lowest BCUT2D eigenvalue weighted by Gasteiger charge is -2.41. The number of methoxy groups -OCH3 is 2. The van der Waals surface area contributed by atoms with Gasteiger partial charge in [-0.2, -0.15) is 0 Å². The van der Waals surface area contributed by atoms with E-state index in [-0.39, 0.29) is 0 Å². The molecular formula is C19H25N3O2. The molecule has 5 heteroatoms. The summed E-state index contributed by atoms with van der Waals surface area (Å²) in [7, 11) is 3.37. The van der Waals surface area contributed by atoms with Crippen LogP contribution in [0, 0.1) is 0 Å². The topological polar surface area (TPSA) is 37.8 Å². The van der Waals surface area contributed by atoms with E-state index in [1.165, 1.54) is 5.69 Å². The molecule has 1 atom stereocenters. The summed E-state index contributed by atoms with van der Waals surface area (Å²) < 4.78 is 10.6. The van der Waals surface area contributed by atoms with Crippen molar-refractivity contribution in [3.05, 3.63) is 48.2 Å². The zero-order valence-electron chi connectivity index (χ0n) is 14.6. The minimum absolute atomic E-state index is 0.464. The van der Waals surface area contributed by atoms with E-state index >= 15 is 0 Å². The molecule has 128 valence electrons. The number of piperazine rings is 1. The smallest absolute Gasteiger partial charge is 0.217 e. The van der Waals surface area contributed by atoms with E-state index < -0.39 is 0 Å². The first-order valence-electron chi connectivity index (χ1n) is 8.32. The summed E-state index contributed by atoms with van der Waals surface area (Å²) in [6.45, 7) is 6.19. The van der Waals surface area contributed by atoms with Gasteiger partial charge >= 0.3 is 0 Å². The van der Waals surface area contributed by atoms with E-state index in [0.717, 1.165) is 43.4 Å². The maximum atomic E-state index is 5.37. The van der Waals surface area contributed by atoms with Gasteiger partial charge in [0.1, 0.15) is 5.75 Å². The zero-order valence-corrected chi connectivity index (χ0v) is 14.6. The van der Waals surface area contributed by atoms with Gasteiger partial charge in [0, 0.05) is 49.7 Å². The molecule has 0 bridgehead atoms. The number of hydrogen-bond donors (Lipinski definition) is 0. The van der Waals surface area contributed by atoms with Gasteiger partial charge in [0.2, 0.25) is 5.88 Å². The van der Waals surface area contributed by atoms with Crippen molar-refractivity contribution in [1.29, 1.82) is 0 Å². The highest BCUT2D eigenvalue weighted by Crippen LogP contribution is 2.24. The third-order valence-corrected chi connectivity index (χ3v) is 4.62. The molecule has 2 aromatic rings. The Morgan fingerprint density at radius 1 is 1.08 bits per heavy atom. The molecule has 1 fully saturated rings. The van der Waals surface area contributed by atoms with Gasteiger partial charge in [-0.3, -0.25) is 4.90 Å². The van der Waals surface area contributed by atoms with Crippen molar-refractivity contribution < 1.29 is 9.47 Å². The lowest BCUT2D eigenvalue weighted by atomic mass is 10.1. The predicted molar refractivity (Wildman–Crippen MR) is 95.9 cm³/mol. The van der Waals surface area contributed by atoms with E-state index in [1.54, 1.807) is 20.4 Å². The Morgan fingerprint density at radius 2 is 1.88 bits per heavy atom. The standard InChI is InChI=1S/C19H25N3O2/c1-15-13-22(17-6-8-18(23-2)9-7-17)12-11-21(15)14-16-5-4-10-20-19(16)24-3/h4-10,15H,11-14H2,1-3H3/t15-/m1/s1. The fraction of sp³-hybridized carbons (Fsp3) is 0.421. The molecule has 0 amide bonds. The van der Waals surface area contributed by atoms with Crippen LogP contribution in [0.25, 0.3) is 0 Å². The number of benzene rings is 1. The lowest BCUT2D eigenvalue weighted by Crippen LogP contribution is -2.51. The Bertz CT molecular complexity index is 660. The Balaban J connectivity index is 1.64. The molecule has 0 saturated carbocycles. The molecule has 5 nitrogen and oxygen atoms in total. The Hall–Kier alpha value is -2.27. The van der Waals surface area contributed by atoms with Gasteiger partial charge in [0.25, 0.3) is 0 Å². The van der Waals surface area contributed by atoms with Crippen LogP contribution in [0.1, 0.15) is 12.5 Å². The van der Waals surface area contributed by atoms with Crippen molar-refractivity contribution in [1.82, 2.24) is 9.88 Å². The average Bonchev–Trinajstić information content (AvgIpc) is 2.64. The average molecular weight is 327 g/mol. The van der Waals surface area contributed by atoms with Crippen LogP contribution in [0.5, 0.6) is 11.6 Å². The van der Waals surface area contributed by atoms with Crippen LogP contribution in [0.3, 0.4) is 0 Å². The molecule has 24 heavy (non-hydrogen) atoms. The largest absolute Gasteiger partial charge is 0.497 e. The first-order chi connectivity index (χ1) is 11.7. The number of anilines is 1. The first kappa shape index (κ1) is 16.6. The summed E-state index contributed by atoms with van der Waals surface area (Å²) in [5.74, 6) is 1.62. The summed E-state index contributed by atoms with van der Waals surface area (Å²) in [5, 5.41) is 0. The highest BCUT2D eigenvalue weighted by atomic mass is 16.5. The van der Waals surface area contributed by atoms with Gasteiger partial charge in [-0.15, -0.1) is 0 Å². The van der Waals surface area contributed by atoms with E-state index in [4.69, 9.17) is 9.47 Å². The Labute approximate surface area is 143 Å². The maximum Gasteiger partial charge on any atom is 0.217 e. The molecule has 1 saturated heterocycles. The first-order valence-corrected chi connectivity index (χ1v) is 8.32. The fourth-order valence-electron chi connectivity index (χ4n) is 3.20. The summed E-state index contributed by atoms with van der Waals surface area (Å²) in [5.41, 5.74) is 2.39. The number of aromatic nitrogens is 1. The SMILES string of the molecule is COc1ccc(N2CCN(Cc3cccnc3OC)[C@H](C)C2)cc1. The number of ether oxygens (including phenoxy) is 2. The fourth-order valence-corrected chi connectivity index (χ4v) is 3.20. The van der Waals surface area contributed by atoms with Crippen molar-refractivity contribution in [3.8, 4) is 11.6 Å². The number of hydrogen-bond acceptors (Lipinski definition) is 5. The number of rotatable bonds is 5. The van der Waals surface area contributed by atoms with E-state index in [0.29, 0.717) is 6.04 Å². The molecule has 3 rings (SSSR count). The maximum absolute atomic E-state index is 5.37. The van der Waals surface area contributed by atoms with Gasteiger partial charge < -0.3 is 14.4 Å². The summed E-state index contributed by atoms with van der Waals surface area (Å²) >= 11 is 0. The van der Waals surface area contributed by atoms with Crippen molar-refractivity contribution in [2.75, 3.05) is 38.8 Å². The third kappa shape index (κ3) is 3.62. The molecule has 0 spiro atoms. The van der Waals surface area contributed by atoms with Crippen LogP contribution in [-0.4, -0.2) is 49.8 Å².